The van der Waals surface area contributed by atoms with E-state index in [0.29, 0.717) is 18.9 Å². The van der Waals surface area contributed by atoms with Crippen LogP contribution in [0.25, 0.3) is 0 Å². The van der Waals surface area contributed by atoms with E-state index in [9.17, 15) is 9.18 Å². The zero-order valence-corrected chi connectivity index (χ0v) is 11.6. The molecule has 1 atom stereocenters. The quantitative estimate of drug-likeness (QED) is 0.853. The predicted molar refractivity (Wildman–Crippen MR) is 72.3 cm³/mol. The Morgan fingerprint density at radius 2 is 2.16 bits per heavy atom. The summed E-state index contributed by atoms with van der Waals surface area (Å²) in [4.78, 5) is 13.4. The Labute approximate surface area is 113 Å². The molecule has 0 spiro atoms. The molecule has 0 saturated heterocycles. The van der Waals surface area contributed by atoms with E-state index in [2.05, 4.69) is 0 Å². The van der Waals surface area contributed by atoms with Crippen molar-refractivity contribution in [1.29, 1.82) is 0 Å². The van der Waals surface area contributed by atoms with Gasteiger partial charge in [0.15, 0.2) is 0 Å². The normalized spacial score (nSPS) is 12.3. The Morgan fingerprint density at radius 1 is 1.47 bits per heavy atom. The lowest BCUT2D eigenvalue weighted by molar-refractivity contribution is -0.132. The van der Waals surface area contributed by atoms with Crippen molar-refractivity contribution in [2.45, 2.75) is 19.9 Å². The second kappa shape index (κ2) is 7.09. The topological polar surface area (TPSA) is 55.6 Å². The van der Waals surface area contributed by atoms with Crippen LogP contribution in [0.5, 0.6) is 5.75 Å². The Hall–Kier alpha value is -1.62. The molecule has 1 rings (SSSR count). The molecule has 5 heteroatoms. The number of carbonyl (C=O) groups is 1. The first-order chi connectivity index (χ1) is 8.91. The zero-order valence-electron chi connectivity index (χ0n) is 11.6. The van der Waals surface area contributed by atoms with Crippen LogP contribution in [0, 0.1) is 11.7 Å². The van der Waals surface area contributed by atoms with E-state index in [0.717, 1.165) is 0 Å². The molecule has 1 aromatic rings. The number of rotatable bonds is 6. The van der Waals surface area contributed by atoms with Crippen LogP contribution in [-0.4, -0.2) is 37.0 Å². The number of nitrogens with two attached hydrogens (primary N) is 1. The van der Waals surface area contributed by atoms with Crippen LogP contribution in [0.1, 0.15) is 13.8 Å². The number of carbonyl (C=O) groups excluding carboxylic acids is 1. The summed E-state index contributed by atoms with van der Waals surface area (Å²) in [5, 5.41) is 0. The highest BCUT2D eigenvalue weighted by molar-refractivity contribution is 5.81. The van der Waals surface area contributed by atoms with Gasteiger partial charge in [-0.15, -0.1) is 0 Å². The number of nitrogens with zero attached hydrogens (tertiary/aromatic N) is 1. The van der Waals surface area contributed by atoms with Crippen molar-refractivity contribution in [3.05, 3.63) is 30.1 Å². The molecule has 0 bridgehead atoms. The molecule has 0 fully saturated rings. The van der Waals surface area contributed by atoms with Crippen molar-refractivity contribution in [3.63, 3.8) is 0 Å². The van der Waals surface area contributed by atoms with Gasteiger partial charge in [0.1, 0.15) is 18.2 Å². The van der Waals surface area contributed by atoms with Gasteiger partial charge >= 0.3 is 0 Å². The molecule has 0 radical (unpaired) electrons. The number of ether oxygens (including phenoxy) is 1. The first-order valence-electron chi connectivity index (χ1n) is 6.30. The lowest BCUT2D eigenvalue weighted by atomic mass is 10.0. The molecule has 19 heavy (non-hydrogen) atoms. The van der Waals surface area contributed by atoms with E-state index in [1.54, 1.807) is 19.2 Å². The molecule has 1 amide bonds. The van der Waals surface area contributed by atoms with E-state index >= 15 is 0 Å². The summed E-state index contributed by atoms with van der Waals surface area (Å²) in [5.41, 5.74) is 5.78. The van der Waals surface area contributed by atoms with Crippen molar-refractivity contribution in [2.24, 2.45) is 11.7 Å². The molecule has 0 aromatic heterocycles. The predicted octanol–water partition coefficient (Wildman–Crippen LogP) is 1.65. The van der Waals surface area contributed by atoms with Gasteiger partial charge in [-0.2, -0.15) is 0 Å². The maximum absolute atomic E-state index is 12.9. The summed E-state index contributed by atoms with van der Waals surface area (Å²) in [6.07, 6.45) is 0. The van der Waals surface area contributed by atoms with E-state index in [1.807, 2.05) is 13.8 Å². The second-order valence-corrected chi connectivity index (χ2v) is 4.84. The van der Waals surface area contributed by atoms with Gasteiger partial charge in [-0.05, 0) is 18.1 Å². The SMILES string of the molecule is CC(C)[C@@H](N)C(=O)N(C)CCOc1cccc(F)c1. The number of amides is 1. The van der Waals surface area contributed by atoms with E-state index in [-0.39, 0.29) is 17.6 Å². The van der Waals surface area contributed by atoms with Gasteiger partial charge in [-0.25, -0.2) is 4.39 Å². The summed E-state index contributed by atoms with van der Waals surface area (Å²) in [6.45, 7) is 4.52. The van der Waals surface area contributed by atoms with Crippen LogP contribution in [0.2, 0.25) is 0 Å². The van der Waals surface area contributed by atoms with Crippen molar-refractivity contribution in [2.75, 3.05) is 20.2 Å². The van der Waals surface area contributed by atoms with Crippen LogP contribution >= 0.6 is 0 Å². The Kier molecular flexibility index (Phi) is 5.76. The third-order valence-corrected chi connectivity index (χ3v) is 2.87. The number of hydrogen-bond acceptors (Lipinski definition) is 3. The zero-order chi connectivity index (χ0) is 14.4. The summed E-state index contributed by atoms with van der Waals surface area (Å²) in [7, 11) is 1.68. The van der Waals surface area contributed by atoms with Crippen molar-refractivity contribution < 1.29 is 13.9 Å². The lowest BCUT2D eigenvalue weighted by Gasteiger charge is -2.23. The highest BCUT2D eigenvalue weighted by Gasteiger charge is 2.20. The molecule has 1 aromatic carbocycles. The summed E-state index contributed by atoms with van der Waals surface area (Å²) >= 11 is 0. The molecule has 0 heterocycles. The van der Waals surface area contributed by atoms with Crippen LogP contribution < -0.4 is 10.5 Å². The minimum Gasteiger partial charge on any atom is -0.492 e. The Morgan fingerprint density at radius 3 is 2.74 bits per heavy atom. The van der Waals surface area contributed by atoms with Gasteiger partial charge < -0.3 is 15.4 Å². The number of likely N-dealkylation sites (N-methyl/N-ethyl adjacent to an activating group) is 1. The highest BCUT2D eigenvalue weighted by Crippen LogP contribution is 2.11. The first-order valence-corrected chi connectivity index (χ1v) is 6.30. The van der Waals surface area contributed by atoms with E-state index in [4.69, 9.17) is 10.5 Å². The molecule has 2 N–H and O–H groups in total. The third-order valence-electron chi connectivity index (χ3n) is 2.87. The fourth-order valence-electron chi connectivity index (χ4n) is 1.51. The molecule has 4 nitrogen and oxygen atoms in total. The molecule has 0 aliphatic carbocycles. The lowest BCUT2D eigenvalue weighted by Crippen LogP contribution is -2.46. The highest BCUT2D eigenvalue weighted by atomic mass is 19.1. The van der Waals surface area contributed by atoms with Gasteiger partial charge in [0, 0.05) is 13.1 Å². The molecular formula is C14H21FN2O2. The summed E-state index contributed by atoms with van der Waals surface area (Å²) < 4.78 is 18.3. The standard InChI is InChI=1S/C14H21FN2O2/c1-10(2)13(16)14(18)17(3)7-8-19-12-6-4-5-11(15)9-12/h4-6,9-10,13H,7-8,16H2,1-3H3/t13-/m1/s1. The van der Waals surface area contributed by atoms with Crippen molar-refractivity contribution >= 4 is 5.91 Å². The minimum absolute atomic E-state index is 0.0964. The van der Waals surface area contributed by atoms with E-state index < -0.39 is 6.04 Å². The molecule has 0 unspecified atom stereocenters. The minimum atomic E-state index is -0.501. The fourth-order valence-corrected chi connectivity index (χ4v) is 1.51. The van der Waals surface area contributed by atoms with Crippen LogP contribution in [0.4, 0.5) is 4.39 Å². The first kappa shape index (κ1) is 15.4. The largest absolute Gasteiger partial charge is 0.492 e. The van der Waals surface area contributed by atoms with Gasteiger partial charge in [0.25, 0.3) is 0 Å². The van der Waals surface area contributed by atoms with Crippen molar-refractivity contribution in [1.82, 2.24) is 4.90 Å². The number of hydrogen-bond donors (Lipinski definition) is 1. The molecule has 0 aliphatic rings. The molecule has 0 aliphatic heterocycles. The average molecular weight is 268 g/mol. The third kappa shape index (κ3) is 4.87. The molecular weight excluding hydrogens is 247 g/mol. The maximum atomic E-state index is 12.9. The smallest absolute Gasteiger partial charge is 0.239 e. The fraction of sp³-hybridized carbons (Fsp3) is 0.500. The van der Waals surface area contributed by atoms with Gasteiger partial charge in [0.05, 0.1) is 12.6 Å². The number of benzene rings is 1. The second-order valence-electron chi connectivity index (χ2n) is 4.84. The average Bonchev–Trinajstić information content (AvgIpc) is 2.36. The summed E-state index contributed by atoms with van der Waals surface area (Å²) in [6, 6.07) is 5.41. The summed E-state index contributed by atoms with van der Waals surface area (Å²) in [5.74, 6) is 0.0923. The molecule has 106 valence electrons. The van der Waals surface area contributed by atoms with Gasteiger partial charge in [-0.3, -0.25) is 4.79 Å². The van der Waals surface area contributed by atoms with Gasteiger partial charge in [-0.1, -0.05) is 19.9 Å². The Balaban J connectivity index is 2.38. The van der Waals surface area contributed by atoms with Crippen molar-refractivity contribution in [3.8, 4) is 5.75 Å². The van der Waals surface area contributed by atoms with Crippen LogP contribution in [0.3, 0.4) is 0 Å². The van der Waals surface area contributed by atoms with Crippen LogP contribution in [-0.2, 0) is 4.79 Å². The molecule has 0 saturated carbocycles. The van der Waals surface area contributed by atoms with Crippen LogP contribution in [0.15, 0.2) is 24.3 Å². The van der Waals surface area contributed by atoms with E-state index in [1.165, 1.54) is 17.0 Å². The maximum Gasteiger partial charge on any atom is 0.239 e. The Bertz CT molecular complexity index is 424. The van der Waals surface area contributed by atoms with Gasteiger partial charge in [0.2, 0.25) is 5.91 Å². The monoisotopic (exact) mass is 268 g/mol. The number of halogens is 1.